The predicted octanol–water partition coefficient (Wildman–Crippen LogP) is 5.37. The average molecular weight is 380 g/mol. The Morgan fingerprint density at radius 3 is 2.46 bits per heavy atom. The molecule has 28 heavy (non-hydrogen) atoms. The Morgan fingerprint density at radius 2 is 1.71 bits per heavy atom. The summed E-state index contributed by atoms with van der Waals surface area (Å²) in [5.74, 6) is 1.61. The third-order valence-electron chi connectivity index (χ3n) is 5.93. The van der Waals surface area contributed by atoms with Gasteiger partial charge < -0.3 is 10.1 Å². The van der Waals surface area contributed by atoms with Gasteiger partial charge in [-0.05, 0) is 67.9 Å². The van der Waals surface area contributed by atoms with Crippen LogP contribution in [0.25, 0.3) is 0 Å². The second-order valence-electron chi connectivity index (χ2n) is 8.27. The first kappa shape index (κ1) is 20.4. The first-order valence-electron chi connectivity index (χ1n) is 10.5. The van der Waals surface area contributed by atoms with Crippen molar-refractivity contribution in [2.75, 3.05) is 7.11 Å². The number of carbonyl (C=O) groups is 1. The monoisotopic (exact) mass is 379 g/mol. The van der Waals surface area contributed by atoms with Crippen molar-refractivity contribution in [1.82, 2.24) is 5.32 Å². The van der Waals surface area contributed by atoms with Crippen LogP contribution in [0.1, 0.15) is 54.4 Å². The topological polar surface area (TPSA) is 38.3 Å². The molecule has 2 aromatic rings. The van der Waals surface area contributed by atoms with Gasteiger partial charge in [0.1, 0.15) is 5.75 Å². The van der Waals surface area contributed by atoms with Gasteiger partial charge in [-0.3, -0.25) is 4.79 Å². The maximum Gasteiger partial charge on any atom is 0.223 e. The van der Waals surface area contributed by atoms with Gasteiger partial charge in [-0.15, -0.1) is 0 Å². The van der Waals surface area contributed by atoms with Crippen molar-refractivity contribution in [1.29, 1.82) is 0 Å². The van der Waals surface area contributed by atoms with E-state index in [1.807, 2.05) is 0 Å². The van der Waals surface area contributed by atoms with Gasteiger partial charge in [0.05, 0.1) is 7.11 Å². The number of aryl methyl sites for hydroxylation is 2. The van der Waals surface area contributed by atoms with Crippen molar-refractivity contribution >= 4 is 5.91 Å². The van der Waals surface area contributed by atoms with Gasteiger partial charge in [0.15, 0.2) is 0 Å². The van der Waals surface area contributed by atoms with E-state index in [1.165, 1.54) is 29.5 Å². The SMILES string of the molecule is COc1cc(C)cc(CC2CCCCCC2C(=O)NCc2ccc(C)cc2)c1. The number of hydrogen-bond donors (Lipinski definition) is 1. The Morgan fingerprint density at radius 1 is 0.964 bits per heavy atom. The zero-order chi connectivity index (χ0) is 19.9. The maximum absolute atomic E-state index is 13.0. The summed E-state index contributed by atoms with van der Waals surface area (Å²) in [6.07, 6.45) is 6.66. The number of methoxy groups -OCH3 is 1. The highest BCUT2D eigenvalue weighted by Gasteiger charge is 2.29. The number of benzene rings is 2. The van der Waals surface area contributed by atoms with Gasteiger partial charge in [0.25, 0.3) is 0 Å². The summed E-state index contributed by atoms with van der Waals surface area (Å²) >= 11 is 0. The Hall–Kier alpha value is -2.29. The second kappa shape index (κ2) is 9.77. The van der Waals surface area contributed by atoms with E-state index in [9.17, 15) is 4.79 Å². The van der Waals surface area contributed by atoms with Crippen molar-refractivity contribution < 1.29 is 9.53 Å². The molecule has 150 valence electrons. The molecule has 1 fully saturated rings. The highest BCUT2D eigenvalue weighted by molar-refractivity contribution is 5.79. The van der Waals surface area contributed by atoms with Gasteiger partial charge in [-0.2, -0.15) is 0 Å². The first-order valence-corrected chi connectivity index (χ1v) is 10.5. The quantitative estimate of drug-likeness (QED) is 0.686. The Kier molecular flexibility index (Phi) is 7.13. The number of amides is 1. The fourth-order valence-corrected chi connectivity index (χ4v) is 4.36. The Labute approximate surface area is 169 Å². The molecule has 0 heterocycles. The molecule has 0 aliphatic heterocycles. The summed E-state index contributed by atoms with van der Waals surface area (Å²) < 4.78 is 5.44. The van der Waals surface area contributed by atoms with Crippen LogP contribution < -0.4 is 10.1 Å². The molecule has 1 N–H and O–H groups in total. The lowest BCUT2D eigenvalue weighted by molar-refractivity contribution is -0.127. The number of nitrogens with one attached hydrogen (secondary N) is 1. The van der Waals surface area contributed by atoms with E-state index in [-0.39, 0.29) is 11.8 Å². The van der Waals surface area contributed by atoms with Crippen LogP contribution in [0.3, 0.4) is 0 Å². The molecule has 0 aromatic heterocycles. The van der Waals surface area contributed by atoms with Gasteiger partial charge in [0, 0.05) is 12.5 Å². The van der Waals surface area contributed by atoms with Crippen LogP contribution >= 0.6 is 0 Å². The molecule has 1 saturated carbocycles. The smallest absolute Gasteiger partial charge is 0.223 e. The van der Waals surface area contributed by atoms with E-state index in [1.54, 1.807) is 7.11 Å². The maximum atomic E-state index is 13.0. The Balaban J connectivity index is 1.68. The van der Waals surface area contributed by atoms with Crippen LogP contribution in [0.15, 0.2) is 42.5 Å². The normalized spacial score (nSPS) is 19.7. The second-order valence-corrected chi connectivity index (χ2v) is 8.27. The zero-order valence-electron chi connectivity index (χ0n) is 17.5. The van der Waals surface area contributed by atoms with Crippen LogP contribution in [0, 0.1) is 25.7 Å². The van der Waals surface area contributed by atoms with Crippen molar-refractivity contribution in [2.24, 2.45) is 11.8 Å². The number of ether oxygens (including phenoxy) is 1. The summed E-state index contributed by atoms with van der Waals surface area (Å²) in [5.41, 5.74) is 4.89. The Bertz CT molecular complexity index is 782. The van der Waals surface area contributed by atoms with Gasteiger partial charge in [0.2, 0.25) is 5.91 Å². The molecule has 0 spiro atoms. The third kappa shape index (κ3) is 5.60. The first-order chi connectivity index (χ1) is 13.5. The summed E-state index contributed by atoms with van der Waals surface area (Å²) in [6, 6.07) is 14.8. The molecule has 2 atom stereocenters. The van der Waals surface area contributed by atoms with E-state index < -0.39 is 0 Å². The number of rotatable bonds is 6. The van der Waals surface area contributed by atoms with Gasteiger partial charge >= 0.3 is 0 Å². The lowest BCUT2D eigenvalue weighted by Crippen LogP contribution is -2.35. The molecule has 3 rings (SSSR count). The standard InChI is InChI=1S/C25H33NO2/c1-18-9-11-20(12-10-18)17-26-25(27)24-8-6-4-5-7-22(24)15-21-13-19(2)14-23(16-21)28-3/h9-14,16,22,24H,4-8,15,17H2,1-3H3,(H,26,27). The lowest BCUT2D eigenvalue weighted by Gasteiger charge is -2.25. The molecule has 0 saturated heterocycles. The molecular formula is C25H33NO2. The van der Waals surface area contributed by atoms with E-state index in [0.29, 0.717) is 12.5 Å². The minimum Gasteiger partial charge on any atom is -0.497 e. The van der Waals surface area contributed by atoms with Crippen molar-refractivity contribution in [3.8, 4) is 5.75 Å². The highest BCUT2D eigenvalue weighted by Crippen LogP contribution is 2.32. The molecule has 2 aromatic carbocycles. The molecule has 1 aliphatic rings. The summed E-state index contributed by atoms with van der Waals surface area (Å²) in [5, 5.41) is 3.20. The summed E-state index contributed by atoms with van der Waals surface area (Å²) in [4.78, 5) is 13.0. The molecular weight excluding hydrogens is 346 g/mol. The van der Waals surface area contributed by atoms with Crippen molar-refractivity contribution in [2.45, 2.75) is 58.9 Å². The van der Waals surface area contributed by atoms with Crippen molar-refractivity contribution in [3.63, 3.8) is 0 Å². The van der Waals surface area contributed by atoms with Crippen molar-refractivity contribution in [3.05, 3.63) is 64.7 Å². The van der Waals surface area contributed by atoms with Gasteiger partial charge in [-0.25, -0.2) is 0 Å². The largest absolute Gasteiger partial charge is 0.497 e. The van der Waals surface area contributed by atoms with Gasteiger partial charge in [-0.1, -0.05) is 55.2 Å². The third-order valence-corrected chi connectivity index (χ3v) is 5.93. The summed E-state index contributed by atoms with van der Waals surface area (Å²) in [7, 11) is 1.71. The van der Waals surface area contributed by atoms with E-state index in [0.717, 1.165) is 37.0 Å². The minimum absolute atomic E-state index is 0.0967. The van der Waals surface area contributed by atoms with E-state index in [4.69, 9.17) is 4.74 Å². The number of carbonyl (C=O) groups excluding carboxylic acids is 1. The van der Waals surface area contributed by atoms with E-state index >= 15 is 0 Å². The molecule has 3 heteroatoms. The summed E-state index contributed by atoms with van der Waals surface area (Å²) in [6.45, 7) is 4.80. The lowest BCUT2D eigenvalue weighted by atomic mass is 9.82. The fourth-order valence-electron chi connectivity index (χ4n) is 4.36. The predicted molar refractivity (Wildman–Crippen MR) is 115 cm³/mol. The van der Waals surface area contributed by atoms with Crippen LogP contribution in [0.4, 0.5) is 0 Å². The molecule has 0 bridgehead atoms. The van der Waals surface area contributed by atoms with Crippen LogP contribution in [0.2, 0.25) is 0 Å². The fraction of sp³-hybridized carbons (Fsp3) is 0.480. The average Bonchev–Trinajstić information content (AvgIpc) is 2.92. The van der Waals surface area contributed by atoms with Crippen LogP contribution in [-0.4, -0.2) is 13.0 Å². The zero-order valence-corrected chi connectivity index (χ0v) is 17.5. The molecule has 2 unspecified atom stereocenters. The molecule has 1 amide bonds. The highest BCUT2D eigenvalue weighted by atomic mass is 16.5. The molecule has 1 aliphatic carbocycles. The minimum atomic E-state index is 0.0967. The van der Waals surface area contributed by atoms with Crippen LogP contribution in [0.5, 0.6) is 5.75 Å². The number of hydrogen-bond acceptors (Lipinski definition) is 2. The van der Waals surface area contributed by atoms with Crippen LogP contribution in [-0.2, 0) is 17.8 Å². The molecule has 3 nitrogen and oxygen atoms in total. The molecule has 0 radical (unpaired) electrons. The van der Waals surface area contributed by atoms with E-state index in [2.05, 4.69) is 61.6 Å².